The average Bonchev–Trinajstić information content (AvgIpc) is 2.60. The van der Waals surface area contributed by atoms with Gasteiger partial charge in [-0.15, -0.1) is 0 Å². The molecule has 138 valence electrons. The minimum atomic E-state index is -0.306. The van der Waals surface area contributed by atoms with Crippen LogP contribution in [0.2, 0.25) is 0 Å². The first-order valence-corrected chi connectivity index (χ1v) is 8.86. The molecule has 0 atom stereocenters. The van der Waals surface area contributed by atoms with Crippen molar-refractivity contribution in [3.8, 4) is 11.3 Å². The molecule has 1 N–H and O–H groups in total. The lowest BCUT2D eigenvalue weighted by Gasteiger charge is -2.11. The Balaban J connectivity index is 1.84. The van der Waals surface area contributed by atoms with Gasteiger partial charge in [-0.1, -0.05) is 41.5 Å². The topological polar surface area (TPSA) is 64.0 Å². The van der Waals surface area contributed by atoms with E-state index in [4.69, 9.17) is 0 Å². The smallest absolute Gasteiger partial charge is 0.267 e. The summed E-state index contributed by atoms with van der Waals surface area (Å²) in [6, 6.07) is 15.0. The van der Waals surface area contributed by atoms with E-state index in [1.165, 1.54) is 10.7 Å². The number of anilines is 1. The van der Waals surface area contributed by atoms with Gasteiger partial charge in [-0.25, -0.2) is 4.68 Å². The van der Waals surface area contributed by atoms with E-state index in [1.54, 1.807) is 6.07 Å². The summed E-state index contributed by atoms with van der Waals surface area (Å²) >= 11 is 0. The van der Waals surface area contributed by atoms with Crippen LogP contribution in [0.25, 0.3) is 11.3 Å². The van der Waals surface area contributed by atoms with E-state index < -0.39 is 0 Å². The number of nitrogens with zero attached hydrogens (tertiary/aromatic N) is 2. The number of benzene rings is 2. The molecule has 0 fully saturated rings. The maximum Gasteiger partial charge on any atom is 0.267 e. The molecular weight excluding hydrogens is 338 g/mol. The van der Waals surface area contributed by atoms with Crippen molar-refractivity contribution in [2.75, 3.05) is 5.32 Å². The molecule has 0 saturated carbocycles. The van der Waals surface area contributed by atoms with Crippen LogP contribution < -0.4 is 10.9 Å². The summed E-state index contributed by atoms with van der Waals surface area (Å²) in [5.41, 5.74) is 6.40. The first kappa shape index (κ1) is 18.6. The average molecular weight is 361 g/mol. The van der Waals surface area contributed by atoms with Crippen LogP contribution in [0.4, 0.5) is 5.69 Å². The summed E-state index contributed by atoms with van der Waals surface area (Å²) in [4.78, 5) is 24.6. The predicted molar refractivity (Wildman–Crippen MR) is 108 cm³/mol. The van der Waals surface area contributed by atoms with Crippen molar-refractivity contribution in [2.24, 2.45) is 0 Å². The fourth-order valence-electron chi connectivity index (χ4n) is 3.09. The van der Waals surface area contributed by atoms with Gasteiger partial charge in [-0.2, -0.15) is 5.10 Å². The first-order chi connectivity index (χ1) is 12.8. The number of hydrogen-bond acceptors (Lipinski definition) is 3. The van der Waals surface area contributed by atoms with Crippen molar-refractivity contribution in [1.82, 2.24) is 9.78 Å². The molecule has 0 aliphatic carbocycles. The fraction of sp³-hybridized carbons (Fsp3) is 0.227. The zero-order valence-corrected chi connectivity index (χ0v) is 16.0. The van der Waals surface area contributed by atoms with Crippen LogP contribution in [0.1, 0.15) is 22.3 Å². The van der Waals surface area contributed by atoms with E-state index in [0.717, 1.165) is 33.5 Å². The molecule has 0 bridgehead atoms. The van der Waals surface area contributed by atoms with Gasteiger partial charge in [-0.05, 0) is 51.0 Å². The Morgan fingerprint density at radius 1 is 0.926 bits per heavy atom. The summed E-state index contributed by atoms with van der Waals surface area (Å²) < 4.78 is 1.20. The van der Waals surface area contributed by atoms with Crippen LogP contribution >= 0.6 is 0 Å². The third-order valence-electron chi connectivity index (χ3n) is 4.47. The van der Waals surface area contributed by atoms with Gasteiger partial charge >= 0.3 is 0 Å². The number of amides is 1. The van der Waals surface area contributed by atoms with Gasteiger partial charge in [0.05, 0.1) is 5.69 Å². The molecule has 0 radical (unpaired) electrons. The van der Waals surface area contributed by atoms with Crippen LogP contribution in [0.15, 0.2) is 53.3 Å². The molecule has 0 saturated heterocycles. The largest absolute Gasteiger partial charge is 0.324 e. The van der Waals surface area contributed by atoms with Crippen molar-refractivity contribution in [2.45, 2.75) is 34.2 Å². The second-order valence-corrected chi connectivity index (χ2v) is 6.90. The summed E-state index contributed by atoms with van der Waals surface area (Å²) in [6.45, 7) is 7.84. The van der Waals surface area contributed by atoms with Crippen LogP contribution in [-0.4, -0.2) is 15.7 Å². The Kier molecular flexibility index (Phi) is 5.21. The number of aryl methyl sites for hydroxylation is 4. The Morgan fingerprint density at radius 3 is 2.26 bits per heavy atom. The number of nitrogens with one attached hydrogen (secondary N) is 1. The molecule has 3 rings (SSSR count). The Labute approximate surface area is 158 Å². The van der Waals surface area contributed by atoms with Gasteiger partial charge < -0.3 is 5.32 Å². The van der Waals surface area contributed by atoms with Gasteiger partial charge in [0.25, 0.3) is 5.56 Å². The predicted octanol–water partition coefficient (Wildman–Crippen LogP) is 3.78. The molecule has 1 aromatic heterocycles. The number of carbonyl (C=O) groups is 1. The molecule has 5 nitrogen and oxygen atoms in total. The van der Waals surface area contributed by atoms with Crippen LogP contribution in [0, 0.1) is 27.7 Å². The van der Waals surface area contributed by atoms with E-state index in [-0.39, 0.29) is 18.0 Å². The summed E-state index contributed by atoms with van der Waals surface area (Å²) in [6.07, 6.45) is 0. The second kappa shape index (κ2) is 7.58. The van der Waals surface area contributed by atoms with Crippen LogP contribution in [0.3, 0.4) is 0 Å². The van der Waals surface area contributed by atoms with Crippen molar-refractivity contribution < 1.29 is 4.79 Å². The van der Waals surface area contributed by atoms with E-state index in [2.05, 4.69) is 16.5 Å². The van der Waals surface area contributed by atoms with Gasteiger partial charge in [-0.3, -0.25) is 9.59 Å². The SMILES string of the molecule is Cc1ccc(NC(=O)Cn2nc(-c3ccc(C)cc3C)ccc2=O)c(C)c1. The van der Waals surface area contributed by atoms with Crippen LogP contribution in [0.5, 0.6) is 0 Å². The van der Waals surface area contributed by atoms with Crippen molar-refractivity contribution in [1.29, 1.82) is 0 Å². The van der Waals surface area contributed by atoms with E-state index in [1.807, 2.05) is 58.0 Å². The Hall–Kier alpha value is -3.21. The first-order valence-electron chi connectivity index (χ1n) is 8.86. The van der Waals surface area contributed by atoms with E-state index in [9.17, 15) is 9.59 Å². The molecule has 0 aliphatic rings. The number of carbonyl (C=O) groups excluding carboxylic acids is 1. The molecular formula is C22H23N3O2. The highest BCUT2D eigenvalue weighted by Crippen LogP contribution is 2.21. The van der Waals surface area contributed by atoms with Gasteiger partial charge in [0.1, 0.15) is 6.54 Å². The quantitative estimate of drug-likeness (QED) is 0.769. The lowest BCUT2D eigenvalue weighted by molar-refractivity contribution is -0.117. The lowest BCUT2D eigenvalue weighted by Crippen LogP contribution is -2.29. The molecule has 1 heterocycles. The van der Waals surface area contributed by atoms with Crippen molar-refractivity contribution in [3.63, 3.8) is 0 Å². The minimum absolute atomic E-state index is 0.134. The number of hydrogen-bond donors (Lipinski definition) is 1. The maximum absolute atomic E-state index is 12.4. The number of aromatic nitrogens is 2. The highest BCUT2D eigenvalue weighted by atomic mass is 16.2. The zero-order chi connectivity index (χ0) is 19.6. The summed E-state index contributed by atoms with van der Waals surface area (Å²) in [5.74, 6) is -0.283. The van der Waals surface area contributed by atoms with Gasteiger partial charge in [0.15, 0.2) is 0 Å². The summed E-state index contributed by atoms with van der Waals surface area (Å²) in [5, 5.41) is 7.25. The highest BCUT2D eigenvalue weighted by molar-refractivity contribution is 5.91. The van der Waals surface area contributed by atoms with E-state index >= 15 is 0 Å². The standard InChI is InChI=1S/C22H23N3O2/c1-14-5-7-18(16(3)11-14)20-9-10-22(27)25(24-20)13-21(26)23-19-8-6-15(2)12-17(19)4/h5-12H,13H2,1-4H3,(H,23,26). The molecule has 0 spiro atoms. The summed E-state index contributed by atoms with van der Waals surface area (Å²) in [7, 11) is 0. The van der Waals surface area contributed by atoms with E-state index in [0.29, 0.717) is 5.69 Å². The normalized spacial score (nSPS) is 10.7. The minimum Gasteiger partial charge on any atom is -0.324 e. The third-order valence-corrected chi connectivity index (χ3v) is 4.47. The zero-order valence-electron chi connectivity index (χ0n) is 16.0. The fourth-order valence-corrected chi connectivity index (χ4v) is 3.09. The molecule has 5 heteroatoms. The molecule has 0 aliphatic heterocycles. The highest BCUT2D eigenvalue weighted by Gasteiger charge is 2.11. The molecule has 1 amide bonds. The maximum atomic E-state index is 12.4. The number of rotatable bonds is 4. The molecule has 3 aromatic rings. The lowest BCUT2D eigenvalue weighted by atomic mass is 10.0. The third kappa shape index (κ3) is 4.31. The van der Waals surface area contributed by atoms with Crippen molar-refractivity contribution >= 4 is 11.6 Å². The molecule has 0 unspecified atom stereocenters. The van der Waals surface area contributed by atoms with Crippen molar-refractivity contribution in [3.05, 3.63) is 81.1 Å². The Morgan fingerprint density at radius 2 is 1.59 bits per heavy atom. The second-order valence-electron chi connectivity index (χ2n) is 6.90. The molecule has 2 aromatic carbocycles. The van der Waals surface area contributed by atoms with Crippen LogP contribution in [-0.2, 0) is 11.3 Å². The van der Waals surface area contributed by atoms with Gasteiger partial charge in [0.2, 0.25) is 5.91 Å². The Bertz CT molecular complexity index is 1070. The van der Waals surface area contributed by atoms with Gasteiger partial charge in [0, 0.05) is 17.3 Å². The molecule has 27 heavy (non-hydrogen) atoms. The monoisotopic (exact) mass is 361 g/mol.